The Morgan fingerprint density at radius 3 is 2.50 bits per heavy atom. The zero-order valence-corrected chi connectivity index (χ0v) is 15.8. The highest BCUT2D eigenvalue weighted by molar-refractivity contribution is 8.01. The van der Waals surface area contributed by atoms with Gasteiger partial charge >= 0.3 is 0 Å². The third-order valence-electron chi connectivity index (χ3n) is 4.31. The van der Waals surface area contributed by atoms with Gasteiger partial charge in [0.15, 0.2) is 5.89 Å². The van der Waals surface area contributed by atoms with Crippen molar-refractivity contribution >= 4 is 21.8 Å². The molecule has 1 saturated heterocycles. The van der Waals surface area contributed by atoms with Crippen LogP contribution in [-0.2, 0) is 10.0 Å². The predicted molar refractivity (Wildman–Crippen MR) is 102 cm³/mol. The van der Waals surface area contributed by atoms with Crippen LogP contribution in [0.2, 0.25) is 0 Å². The molecule has 7 heteroatoms. The van der Waals surface area contributed by atoms with Crippen LogP contribution in [0.1, 0.15) is 16.8 Å². The topological polar surface area (TPSA) is 63.4 Å². The van der Waals surface area contributed by atoms with E-state index in [2.05, 4.69) is 4.98 Å². The van der Waals surface area contributed by atoms with Gasteiger partial charge in [0.05, 0.1) is 10.3 Å². The molecule has 26 heavy (non-hydrogen) atoms. The molecular weight excluding hydrogens is 368 g/mol. The van der Waals surface area contributed by atoms with Gasteiger partial charge in [-0.2, -0.15) is 4.31 Å². The quantitative estimate of drug-likeness (QED) is 0.676. The first-order valence-electron chi connectivity index (χ1n) is 8.27. The summed E-state index contributed by atoms with van der Waals surface area (Å²) >= 11 is 1.65. The second-order valence-electron chi connectivity index (χ2n) is 6.03. The summed E-state index contributed by atoms with van der Waals surface area (Å²) in [6.07, 6.45) is 1.57. The Morgan fingerprint density at radius 2 is 1.85 bits per heavy atom. The summed E-state index contributed by atoms with van der Waals surface area (Å²) in [5, 5.41) is -0.181. The molecule has 2 heterocycles. The van der Waals surface area contributed by atoms with Gasteiger partial charge in [0.1, 0.15) is 12.0 Å². The third-order valence-corrected chi connectivity index (χ3v) is 7.58. The van der Waals surface area contributed by atoms with E-state index in [1.807, 2.05) is 30.3 Å². The predicted octanol–water partition coefficient (Wildman–Crippen LogP) is 4.09. The molecule has 0 N–H and O–H groups in total. The summed E-state index contributed by atoms with van der Waals surface area (Å²) in [6.45, 7) is 2.29. The van der Waals surface area contributed by atoms with E-state index in [9.17, 15) is 8.42 Å². The maximum absolute atomic E-state index is 13.1. The second kappa shape index (κ2) is 6.90. The van der Waals surface area contributed by atoms with Crippen LogP contribution in [0.25, 0.3) is 11.3 Å². The van der Waals surface area contributed by atoms with Crippen molar-refractivity contribution in [2.75, 3.05) is 12.3 Å². The van der Waals surface area contributed by atoms with Gasteiger partial charge in [-0.3, -0.25) is 0 Å². The lowest BCUT2D eigenvalue weighted by molar-refractivity contribution is 0.434. The maximum Gasteiger partial charge on any atom is 0.244 e. The van der Waals surface area contributed by atoms with Crippen LogP contribution in [0.4, 0.5) is 0 Å². The van der Waals surface area contributed by atoms with Crippen LogP contribution in [0, 0.1) is 6.92 Å². The molecule has 5 nitrogen and oxygen atoms in total. The minimum atomic E-state index is -3.56. The van der Waals surface area contributed by atoms with Crippen molar-refractivity contribution in [3.8, 4) is 11.3 Å². The summed E-state index contributed by atoms with van der Waals surface area (Å²) in [5.41, 5.74) is 2.54. The first-order valence-corrected chi connectivity index (χ1v) is 10.8. The summed E-state index contributed by atoms with van der Waals surface area (Å²) in [5.74, 6) is 1.37. The first-order chi connectivity index (χ1) is 12.6. The van der Waals surface area contributed by atoms with Gasteiger partial charge in [-0.05, 0) is 17.7 Å². The van der Waals surface area contributed by atoms with Crippen LogP contribution < -0.4 is 0 Å². The maximum atomic E-state index is 13.1. The normalized spacial score (nSPS) is 18.3. The molecule has 1 aliphatic rings. The number of oxazole rings is 1. The Bertz CT molecular complexity index is 999. The van der Waals surface area contributed by atoms with E-state index in [1.54, 1.807) is 53.5 Å². The molecule has 0 saturated carbocycles. The SMILES string of the molecule is Cc1nc(-c2ccc(S(=O)(=O)N3CCSC3c3ccccc3)cc2)co1. The van der Waals surface area contributed by atoms with Crippen molar-refractivity contribution in [1.29, 1.82) is 0 Å². The summed E-state index contributed by atoms with van der Waals surface area (Å²) in [4.78, 5) is 4.57. The monoisotopic (exact) mass is 386 g/mol. The molecule has 4 rings (SSSR count). The molecule has 0 spiro atoms. The average molecular weight is 386 g/mol. The van der Waals surface area contributed by atoms with Gasteiger partial charge in [0, 0.05) is 24.8 Å². The second-order valence-corrected chi connectivity index (χ2v) is 9.10. The molecular formula is C19H18N2O3S2. The lowest BCUT2D eigenvalue weighted by Crippen LogP contribution is -2.30. The van der Waals surface area contributed by atoms with Gasteiger partial charge in [-0.15, -0.1) is 11.8 Å². The average Bonchev–Trinajstić information content (AvgIpc) is 3.32. The molecule has 3 aromatic rings. The standard InChI is InChI=1S/C19H18N2O3S2/c1-14-20-18(13-24-14)15-7-9-17(10-8-15)26(22,23)21-11-12-25-19(21)16-5-3-2-4-6-16/h2-10,13,19H,11-12H2,1H3. The van der Waals surface area contributed by atoms with Crippen LogP contribution in [-0.4, -0.2) is 30.0 Å². The van der Waals surface area contributed by atoms with Gasteiger partial charge < -0.3 is 4.42 Å². The minimum absolute atomic E-state index is 0.181. The summed E-state index contributed by atoms with van der Waals surface area (Å²) < 4.78 is 33.1. The Kier molecular flexibility index (Phi) is 4.60. The number of hydrogen-bond donors (Lipinski definition) is 0. The minimum Gasteiger partial charge on any atom is -0.449 e. The van der Waals surface area contributed by atoms with E-state index in [-0.39, 0.29) is 5.37 Å². The molecule has 1 aliphatic heterocycles. The van der Waals surface area contributed by atoms with Crippen molar-refractivity contribution in [3.05, 3.63) is 72.3 Å². The fourth-order valence-corrected chi connectivity index (χ4v) is 6.25. The van der Waals surface area contributed by atoms with Gasteiger partial charge in [0.2, 0.25) is 10.0 Å². The fraction of sp³-hybridized carbons (Fsp3) is 0.211. The van der Waals surface area contributed by atoms with Crippen LogP contribution >= 0.6 is 11.8 Å². The molecule has 1 atom stereocenters. The van der Waals surface area contributed by atoms with Crippen molar-refractivity contribution < 1.29 is 12.8 Å². The van der Waals surface area contributed by atoms with Crippen molar-refractivity contribution in [2.45, 2.75) is 17.2 Å². The van der Waals surface area contributed by atoms with Gasteiger partial charge in [0.25, 0.3) is 0 Å². The molecule has 0 radical (unpaired) electrons. The van der Waals surface area contributed by atoms with Gasteiger partial charge in [-0.25, -0.2) is 13.4 Å². The lowest BCUT2D eigenvalue weighted by Gasteiger charge is -2.23. The third kappa shape index (κ3) is 3.18. The Morgan fingerprint density at radius 1 is 1.12 bits per heavy atom. The number of hydrogen-bond acceptors (Lipinski definition) is 5. The van der Waals surface area contributed by atoms with E-state index < -0.39 is 10.0 Å². The Balaban J connectivity index is 1.63. The number of aryl methyl sites for hydroxylation is 1. The van der Waals surface area contributed by atoms with Crippen molar-refractivity contribution in [2.24, 2.45) is 0 Å². The highest BCUT2D eigenvalue weighted by Crippen LogP contribution is 2.41. The summed E-state index contributed by atoms with van der Waals surface area (Å²) in [6, 6.07) is 16.6. The van der Waals surface area contributed by atoms with E-state index in [1.165, 1.54) is 0 Å². The van der Waals surface area contributed by atoms with Crippen LogP contribution in [0.3, 0.4) is 0 Å². The molecule has 0 aliphatic carbocycles. The first kappa shape index (κ1) is 17.3. The Hall–Kier alpha value is -2.09. The highest BCUT2D eigenvalue weighted by Gasteiger charge is 2.36. The molecule has 1 fully saturated rings. The molecule has 0 bridgehead atoms. The number of nitrogens with zero attached hydrogens (tertiary/aromatic N) is 2. The Labute approximate surface area is 157 Å². The van der Waals surface area contributed by atoms with Crippen molar-refractivity contribution in [3.63, 3.8) is 0 Å². The van der Waals surface area contributed by atoms with Gasteiger partial charge in [-0.1, -0.05) is 42.5 Å². The molecule has 0 amide bonds. The van der Waals surface area contributed by atoms with E-state index in [0.29, 0.717) is 23.0 Å². The van der Waals surface area contributed by atoms with E-state index in [0.717, 1.165) is 16.9 Å². The smallest absolute Gasteiger partial charge is 0.244 e. The number of aromatic nitrogens is 1. The van der Waals surface area contributed by atoms with E-state index in [4.69, 9.17) is 4.42 Å². The van der Waals surface area contributed by atoms with Crippen LogP contribution in [0.5, 0.6) is 0 Å². The zero-order valence-electron chi connectivity index (χ0n) is 14.2. The molecule has 134 valence electrons. The number of benzene rings is 2. The summed E-state index contributed by atoms with van der Waals surface area (Å²) in [7, 11) is -3.56. The number of thioether (sulfide) groups is 1. The largest absolute Gasteiger partial charge is 0.449 e. The number of rotatable bonds is 4. The lowest BCUT2D eigenvalue weighted by atomic mass is 10.2. The fourth-order valence-electron chi connectivity index (χ4n) is 3.01. The molecule has 1 aromatic heterocycles. The van der Waals surface area contributed by atoms with Crippen molar-refractivity contribution in [1.82, 2.24) is 9.29 Å². The number of sulfonamides is 1. The molecule has 2 aromatic carbocycles. The highest BCUT2D eigenvalue weighted by atomic mass is 32.2. The van der Waals surface area contributed by atoms with Crippen LogP contribution in [0.15, 0.2) is 70.2 Å². The zero-order chi connectivity index (χ0) is 18.1. The van der Waals surface area contributed by atoms with E-state index >= 15 is 0 Å². The molecule has 1 unspecified atom stereocenters.